The third-order valence-electron chi connectivity index (χ3n) is 3.33. The van der Waals surface area contributed by atoms with Crippen molar-refractivity contribution >= 4 is 17.8 Å². The lowest BCUT2D eigenvalue weighted by atomic mass is 10.1. The summed E-state index contributed by atoms with van der Waals surface area (Å²) < 4.78 is 5.24. The molecule has 1 rings (SSSR count). The molecule has 0 spiro atoms. The molecule has 7 nitrogen and oxygen atoms in total. The van der Waals surface area contributed by atoms with E-state index in [4.69, 9.17) is 4.74 Å². The Morgan fingerprint density at radius 1 is 1.19 bits per heavy atom. The van der Waals surface area contributed by atoms with Gasteiger partial charge < -0.3 is 20.3 Å². The highest BCUT2D eigenvalue weighted by molar-refractivity contribution is 5.94. The van der Waals surface area contributed by atoms with Gasteiger partial charge in [-0.25, -0.2) is 0 Å². The molecule has 0 fully saturated rings. The van der Waals surface area contributed by atoms with Gasteiger partial charge in [-0.1, -0.05) is 12.1 Å². The number of nitrogens with one attached hydrogen (secondary N) is 2. The summed E-state index contributed by atoms with van der Waals surface area (Å²) in [5.74, 6) is 0.168. The van der Waals surface area contributed by atoms with Crippen LogP contribution in [0, 0.1) is 0 Å². The lowest BCUT2D eigenvalue weighted by Gasteiger charge is -2.20. The molecule has 0 unspecified atom stereocenters. The van der Waals surface area contributed by atoms with Crippen molar-refractivity contribution < 1.29 is 14.3 Å². The predicted molar refractivity (Wildman–Crippen MR) is 103 cm³/mol. The standard InChI is InChI=1S/C19H30N4O3/c1-19(2,3)26-16(24)13-22-18(20-4)21-11-10-14-8-7-9-15(12-14)17(25)23(5)6/h7-9,12H,10-11,13H2,1-6H3,(H2,20,21,22). The number of guanidine groups is 1. The number of rotatable bonds is 6. The Morgan fingerprint density at radius 2 is 1.88 bits per heavy atom. The van der Waals surface area contributed by atoms with Gasteiger partial charge in [-0.3, -0.25) is 14.6 Å². The summed E-state index contributed by atoms with van der Waals surface area (Å²) in [5, 5.41) is 6.07. The Hall–Kier alpha value is -2.57. The second-order valence-corrected chi connectivity index (χ2v) is 7.09. The van der Waals surface area contributed by atoms with Crippen LogP contribution in [0.4, 0.5) is 0 Å². The molecule has 1 amide bonds. The molecular formula is C19H30N4O3. The minimum absolute atomic E-state index is 0.0188. The normalized spacial score (nSPS) is 11.7. The van der Waals surface area contributed by atoms with E-state index in [0.29, 0.717) is 18.1 Å². The summed E-state index contributed by atoms with van der Waals surface area (Å²) >= 11 is 0. The van der Waals surface area contributed by atoms with E-state index in [-0.39, 0.29) is 18.4 Å². The van der Waals surface area contributed by atoms with Crippen molar-refractivity contribution in [3.8, 4) is 0 Å². The first-order chi connectivity index (χ1) is 12.1. The maximum atomic E-state index is 12.0. The highest BCUT2D eigenvalue weighted by Crippen LogP contribution is 2.08. The molecule has 0 atom stereocenters. The number of nitrogens with zero attached hydrogens (tertiary/aromatic N) is 2. The molecule has 2 N–H and O–H groups in total. The van der Waals surface area contributed by atoms with Gasteiger partial charge in [0.05, 0.1) is 0 Å². The molecule has 0 aliphatic carbocycles. The van der Waals surface area contributed by atoms with Crippen molar-refractivity contribution in [2.24, 2.45) is 4.99 Å². The zero-order chi connectivity index (χ0) is 19.7. The number of carbonyl (C=O) groups excluding carboxylic acids is 2. The van der Waals surface area contributed by atoms with E-state index < -0.39 is 5.60 Å². The molecule has 0 aromatic heterocycles. The van der Waals surface area contributed by atoms with Gasteiger partial charge in [0, 0.05) is 33.3 Å². The van der Waals surface area contributed by atoms with Crippen LogP contribution >= 0.6 is 0 Å². The van der Waals surface area contributed by atoms with Crippen LogP contribution in [0.5, 0.6) is 0 Å². The zero-order valence-corrected chi connectivity index (χ0v) is 16.5. The molecule has 26 heavy (non-hydrogen) atoms. The van der Waals surface area contributed by atoms with Crippen molar-refractivity contribution in [1.29, 1.82) is 0 Å². The third-order valence-corrected chi connectivity index (χ3v) is 3.33. The van der Waals surface area contributed by atoms with E-state index >= 15 is 0 Å². The summed E-state index contributed by atoms with van der Waals surface area (Å²) in [5.41, 5.74) is 1.21. The smallest absolute Gasteiger partial charge is 0.325 e. The van der Waals surface area contributed by atoms with E-state index in [9.17, 15) is 9.59 Å². The Labute approximate surface area is 155 Å². The Balaban J connectivity index is 2.47. The van der Waals surface area contributed by atoms with E-state index in [2.05, 4.69) is 15.6 Å². The van der Waals surface area contributed by atoms with Gasteiger partial charge in [0.2, 0.25) is 0 Å². The fourth-order valence-corrected chi connectivity index (χ4v) is 2.20. The number of aliphatic imine (C=N–C) groups is 1. The Kier molecular flexibility index (Phi) is 8.09. The Bertz CT molecular complexity index is 648. The average Bonchev–Trinajstić information content (AvgIpc) is 2.55. The van der Waals surface area contributed by atoms with E-state index in [1.165, 1.54) is 0 Å². The van der Waals surface area contributed by atoms with Crippen LogP contribution in [0.15, 0.2) is 29.3 Å². The van der Waals surface area contributed by atoms with Gasteiger partial charge >= 0.3 is 5.97 Å². The largest absolute Gasteiger partial charge is 0.459 e. The molecule has 0 saturated carbocycles. The first-order valence-corrected chi connectivity index (χ1v) is 8.59. The van der Waals surface area contributed by atoms with Gasteiger partial charge in [-0.15, -0.1) is 0 Å². The molecule has 0 bridgehead atoms. The second kappa shape index (κ2) is 9.79. The van der Waals surface area contributed by atoms with Gasteiger partial charge in [0.15, 0.2) is 5.96 Å². The minimum Gasteiger partial charge on any atom is -0.459 e. The summed E-state index contributed by atoms with van der Waals surface area (Å²) in [7, 11) is 5.11. The zero-order valence-electron chi connectivity index (χ0n) is 16.5. The van der Waals surface area contributed by atoms with E-state index in [1.807, 2.05) is 39.0 Å². The molecule has 144 valence electrons. The van der Waals surface area contributed by atoms with Crippen molar-refractivity contribution in [3.05, 3.63) is 35.4 Å². The average molecular weight is 362 g/mol. The molecular weight excluding hydrogens is 332 g/mol. The van der Waals surface area contributed by atoms with Gasteiger partial charge in [0.25, 0.3) is 5.91 Å². The lowest BCUT2D eigenvalue weighted by molar-refractivity contribution is -0.153. The predicted octanol–water partition coefficient (Wildman–Crippen LogP) is 1.44. The highest BCUT2D eigenvalue weighted by atomic mass is 16.6. The van der Waals surface area contributed by atoms with Gasteiger partial charge in [0.1, 0.15) is 12.1 Å². The third kappa shape index (κ3) is 8.00. The van der Waals surface area contributed by atoms with Crippen LogP contribution < -0.4 is 10.6 Å². The number of carbonyl (C=O) groups is 2. The summed E-state index contributed by atoms with van der Waals surface area (Å²) in [4.78, 5) is 29.4. The molecule has 1 aromatic carbocycles. The van der Waals surface area contributed by atoms with Crippen LogP contribution in [-0.4, -0.2) is 62.6 Å². The number of benzene rings is 1. The lowest BCUT2D eigenvalue weighted by Crippen LogP contribution is -2.42. The molecule has 0 radical (unpaired) electrons. The van der Waals surface area contributed by atoms with Crippen molar-refractivity contribution in [2.75, 3.05) is 34.2 Å². The first-order valence-electron chi connectivity index (χ1n) is 8.59. The first kappa shape index (κ1) is 21.5. The van der Waals surface area contributed by atoms with Crippen LogP contribution in [0.3, 0.4) is 0 Å². The molecule has 0 heterocycles. The summed E-state index contributed by atoms with van der Waals surface area (Å²) in [6.45, 7) is 6.14. The molecule has 0 aliphatic rings. The van der Waals surface area contributed by atoms with Crippen LogP contribution in [0.25, 0.3) is 0 Å². The van der Waals surface area contributed by atoms with Crippen LogP contribution in [0.1, 0.15) is 36.7 Å². The SMILES string of the molecule is CN=C(NCCc1cccc(C(=O)N(C)C)c1)NCC(=O)OC(C)(C)C. The molecule has 1 aromatic rings. The Morgan fingerprint density at radius 3 is 2.46 bits per heavy atom. The fraction of sp³-hybridized carbons (Fsp3) is 0.526. The van der Waals surface area contributed by atoms with Gasteiger partial charge in [-0.05, 0) is 44.9 Å². The van der Waals surface area contributed by atoms with Crippen LogP contribution in [-0.2, 0) is 16.0 Å². The highest BCUT2D eigenvalue weighted by Gasteiger charge is 2.16. The van der Waals surface area contributed by atoms with E-state index in [0.717, 1.165) is 12.0 Å². The quantitative estimate of drug-likeness (QED) is 0.455. The number of amides is 1. The number of hydrogen-bond acceptors (Lipinski definition) is 4. The number of ether oxygens (including phenoxy) is 1. The second-order valence-electron chi connectivity index (χ2n) is 7.09. The van der Waals surface area contributed by atoms with Crippen LogP contribution in [0.2, 0.25) is 0 Å². The fourth-order valence-electron chi connectivity index (χ4n) is 2.20. The minimum atomic E-state index is -0.509. The van der Waals surface area contributed by atoms with Crippen molar-refractivity contribution in [1.82, 2.24) is 15.5 Å². The number of hydrogen-bond donors (Lipinski definition) is 2. The van der Waals surface area contributed by atoms with E-state index in [1.54, 1.807) is 32.1 Å². The maximum absolute atomic E-state index is 12.0. The number of esters is 1. The molecule has 0 aliphatic heterocycles. The topological polar surface area (TPSA) is 83.0 Å². The molecule has 0 saturated heterocycles. The van der Waals surface area contributed by atoms with Crippen molar-refractivity contribution in [2.45, 2.75) is 32.8 Å². The summed E-state index contributed by atoms with van der Waals surface area (Å²) in [6, 6.07) is 7.55. The monoisotopic (exact) mass is 362 g/mol. The maximum Gasteiger partial charge on any atom is 0.325 e. The molecule has 7 heteroatoms. The van der Waals surface area contributed by atoms with Gasteiger partial charge in [-0.2, -0.15) is 0 Å². The summed E-state index contributed by atoms with van der Waals surface area (Å²) in [6.07, 6.45) is 0.724. The van der Waals surface area contributed by atoms with Crippen molar-refractivity contribution in [3.63, 3.8) is 0 Å².